The van der Waals surface area contributed by atoms with E-state index in [0.29, 0.717) is 37.6 Å². The number of hydrogen-bond donors (Lipinski definition) is 1. The standard InChI is InChI=1S/C22H27NO6/c1-3-27-16-28-15-7-8-17(2)21(24)23(26)22(25)18-11-13-20(14-12-18)29-19-9-5-4-6-10-19/h4-6,9-14,17,26H,3,7-8,15-16H2,1-2H3/t17-/m0/s1. The predicted octanol–water partition coefficient (Wildman–Crippen LogP) is 4.26. The topological polar surface area (TPSA) is 85.3 Å². The lowest BCUT2D eigenvalue weighted by atomic mass is 10.0. The summed E-state index contributed by atoms with van der Waals surface area (Å²) < 4.78 is 16.0. The van der Waals surface area contributed by atoms with Gasteiger partial charge in [0.15, 0.2) is 0 Å². The number of rotatable bonds is 11. The van der Waals surface area contributed by atoms with E-state index in [0.717, 1.165) is 0 Å². The maximum Gasteiger partial charge on any atom is 0.284 e. The molecule has 0 unspecified atom stereocenters. The summed E-state index contributed by atoms with van der Waals surface area (Å²) in [6.07, 6.45) is 1.10. The summed E-state index contributed by atoms with van der Waals surface area (Å²) in [4.78, 5) is 24.7. The summed E-state index contributed by atoms with van der Waals surface area (Å²) >= 11 is 0. The van der Waals surface area contributed by atoms with Crippen LogP contribution < -0.4 is 4.74 Å². The van der Waals surface area contributed by atoms with Crippen LogP contribution in [-0.2, 0) is 14.3 Å². The molecule has 2 aromatic carbocycles. The van der Waals surface area contributed by atoms with Gasteiger partial charge in [0.05, 0.1) is 0 Å². The van der Waals surface area contributed by atoms with Crippen molar-refractivity contribution in [2.45, 2.75) is 26.7 Å². The third-order valence-electron chi connectivity index (χ3n) is 4.20. The first-order valence-corrected chi connectivity index (χ1v) is 9.58. The molecule has 0 aromatic heterocycles. The van der Waals surface area contributed by atoms with Crippen LogP contribution in [0.5, 0.6) is 11.5 Å². The van der Waals surface area contributed by atoms with Crippen molar-refractivity contribution in [3.63, 3.8) is 0 Å². The summed E-state index contributed by atoms with van der Waals surface area (Å²) in [5.41, 5.74) is 0.188. The Balaban J connectivity index is 1.84. The van der Waals surface area contributed by atoms with Crippen LogP contribution in [0.15, 0.2) is 54.6 Å². The second-order valence-corrected chi connectivity index (χ2v) is 6.46. The van der Waals surface area contributed by atoms with Crippen LogP contribution in [0.4, 0.5) is 0 Å². The van der Waals surface area contributed by atoms with E-state index in [1.807, 2.05) is 37.3 Å². The van der Waals surface area contributed by atoms with Gasteiger partial charge in [-0.25, -0.2) is 0 Å². The number of amides is 2. The Morgan fingerprint density at radius 3 is 2.31 bits per heavy atom. The zero-order chi connectivity index (χ0) is 21.1. The van der Waals surface area contributed by atoms with Crippen LogP contribution in [0.3, 0.4) is 0 Å². The van der Waals surface area contributed by atoms with Gasteiger partial charge in [0.1, 0.15) is 18.3 Å². The van der Waals surface area contributed by atoms with E-state index in [1.165, 1.54) is 12.1 Å². The van der Waals surface area contributed by atoms with Crippen LogP contribution >= 0.6 is 0 Å². The van der Waals surface area contributed by atoms with Gasteiger partial charge in [-0.3, -0.25) is 14.8 Å². The third-order valence-corrected chi connectivity index (χ3v) is 4.20. The molecule has 0 radical (unpaired) electrons. The Morgan fingerprint density at radius 1 is 1.00 bits per heavy atom. The number of benzene rings is 2. The molecule has 2 rings (SSSR count). The van der Waals surface area contributed by atoms with Crippen molar-refractivity contribution >= 4 is 11.8 Å². The fourth-order valence-electron chi connectivity index (χ4n) is 2.54. The Bertz CT molecular complexity index is 763. The number of nitrogens with zero attached hydrogens (tertiary/aromatic N) is 1. The van der Waals surface area contributed by atoms with Gasteiger partial charge in [-0.2, -0.15) is 5.06 Å². The highest BCUT2D eigenvalue weighted by molar-refractivity contribution is 6.03. The first-order chi connectivity index (χ1) is 14.0. The molecule has 156 valence electrons. The van der Waals surface area contributed by atoms with Gasteiger partial charge in [-0.15, -0.1) is 0 Å². The van der Waals surface area contributed by atoms with Crippen molar-refractivity contribution in [3.05, 3.63) is 60.2 Å². The number of carbonyl (C=O) groups is 2. The molecule has 0 saturated heterocycles. The molecular formula is C22H27NO6. The summed E-state index contributed by atoms with van der Waals surface area (Å²) in [6, 6.07) is 15.5. The Morgan fingerprint density at radius 2 is 1.66 bits per heavy atom. The first kappa shape index (κ1) is 22.5. The maximum absolute atomic E-state index is 12.4. The number of para-hydroxylation sites is 1. The van der Waals surface area contributed by atoms with Gasteiger partial charge in [0.25, 0.3) is 11.8 Å². The minimum atomic E-state index is -0.777. The number of imide groups is 1. The van der Waals surface area contributed by atoms with Gasteiger partial charge in [0.2, 0.25) is 0 Å². The van der Waals surface area contributed by atoms with Crippen molar-refractivity contribution in [1.82, 2.24) is 5.06 Å². The molecule has 0 aliphatic rings. The zero-order valence-electron chi connectivity index (χ0n) is 16.7. The Labute approximate surface area is 170 Å². The molecule has 2 aromatic rings. The molecule has 1 N–H and O–H groups in total. The van der Waals surface area contributed by atoms with E-state index >= 15 is 0 Å². The van der Waals surface area contributed by atoms with E-state index in [4.69, 9.17) is 14.2 Å². The highest BCUT2D eigenvalue weighted by Crippen LogP contribution is 2.22. The molecule has 7 heteroatoms. The molecule has 2 amide bonds. The van der Waals surface area contributed by atoms with Gasteiger partial charge >= 0.3 is 0 Å². The first-order valence-electron chi connectivity index (χ1n) is 9.58. The SMILES string of the molecule is CCOCOCCC[C@H](C)C(=O)N(O)C(=O)c1ccc(Oc2ccccc2)cc1. The second kappa shape index (κ2) is 12.0. The second-order valence-electron chi connectivity index (χ2n) is 6.46. The number of hydroxylamine groups is 2. The smallest absolute Gasteiger partial charge is 0.284 e. The largest absolute Gasteiger partial charge is 0.457 e. The Hall–Kier alpha value is -2.74. The molecule has 0 fully saturated rings. The van der Waals surface area contributed by atoms with Crippen molar-refractivity contribution in [2.75, 3.05) is 20.0 Å². The molecule has 0 aliphatic carbocycles. The molecule has 0 heterocycles. The van der Waals surface area contributed by atoms with Crippen LogP contribution in [-0.4, -0.2) is 42.1 Å². The molecule has 29 heavy (non-hydrogen) atoms. The fraction of sp³-hybridized carbons (Fsp3) is 0.364. The molecule has 0 aliphatic heterocycles. The van der Waals surface area contributed by atoms with Crippen molar-refractivity contribution in [2.24, 2.45) is 5.92 Å². The summed E-state index contributed by atoms with van der Waals surface area (Å²) in [7, 11) is 0. The lowest BCUT2D eigenvalue weighted by Crippen LogP contribution is -2.37. The Kier molecular flexibility index (Phi) is 9.30. The molecule has 1 atom stereocenters. The minimum absolute atomic E-state index is 0.179. The van der Waals surface area contributed by atoms with Gasteiger partial charge in [-0.05, 0) is 56.2 Å². The molecule has 0 bridgehead atoms. The predicted molar refractivity (Wildman–Crippen MR) is 107 cm³/mol. The molecule has 7 nitrogen and oxygen atoms in total. The van der Waals surface area contributed by atoms with Crippen LogP contribution in [0.1, 0.15) is 37.0 Å². The summed E-state index contributed by atoms with van der Waals surface area (Å²) in [5, 5.41) is 10.2. The monoisotopic (exact) mass is 401 g/mol. The molecule has 0 saturated carbocycles. The average molecular weight is 401 g/mol. The van der Waals surface area contributed by atoms with Gasteiger partial charge < -0.3 is 14.2 Å². The third kappa shape index (κ3) is 7.30. The maximum atomic E-state index is 12.4. The van der Waals surface area contributed by atoms with Crippen LogP contribution in [0, 0.1) is 5.92 Å². The number of ether oxygens (including phenoxy) is 3. The lowest BCUT2D eigenvalue weighted by molar-refractivity contribution is -0.158. The fourth-order valence-corrected chi connectivity index (χ4v) is 2.54. The minimum Gasteiger partial charge on any atom is -0.457 e. The quantitative estimate of drug-likeness (QED) is 0.262. The highest BCUT2D eigenvalue weighted by Gasteiger charge is 2.25. The van der Waals surface area contributed by atoms with Crippen molar-refractivity contribution < 1.29 is 29.0 Å². The van der Waals surface area contributed by atoms with Gasteiger partial charge in [0, 0.05) is 24.7 Å². The lowest BCUT2D eigenvalue weighted by Gasteiger charge is -2.18. The average Bonchev–Trinajstić information content (AvgIpc) is 2.75. The van der Waals surface area contributed by atoms with E-state index in [1.54, 1.807) is 19.1 Å². The van der Waals surface area contributed by atoms with Crippen molar-refractivity contribution in [1.29, 1.82) is 0 Å². The summed E-state index contributed by atoms with van der Waals surface area (Å²) in [5.74, 6) is -0.723. The van der Waals surface area contributed by atoms with E-state index in [-0.39, 0.29) is 17.4 Å². The van der Waals surface area contributed by atoms with Gasteiger partial charge in [-0.1, -0.05) is 25.1 Å². The summed E-state index contributed by atoms with van der Waals surface area (Å²) in [6.45, 7) is 4.78. The molecule has 0 spiro atoms. The van der Waals surface area contributed by atoms with E-state index < -0.39 is 17.7 Å². The normalized spacial score (nSPS) is 11.7. The van der Waals surface area contributed by atoms with Crippen molar-refractivity contribution in [3.8, 4) is 11.5 Å². The molecular weight excluding hydrogens is 374 g/mol. The van der Waals surface area contributed by atoms with E-state index in [9.17, 15) is 14.8 Å². The van der Waals surface area contributed by atoms with E-state index in [2.05, 4.69) is 0 Å². The van der Waals surface area contributed by atoms with Crippen LogP contribution in [0.25, 0.3) is 0 Å². The van der Waals surface area contributed by atoms with Crippen LogP contribution in [0.2, 0.25) is 0 Å². The zero-order valence-corrected chi connectivity index (χ0v) is 16.7. The number of carbonyl (C=O) groups excluding carboxylic acids is 2. The number of hydrogen-bond acceptors (Lipinski definition) is 6. The highest BCUT2D eigenvalue weighted by atomic mass is 16.7.